The minimum atomic E-state index is -3.74. The topological polar surface area (TPSA) is 117 Å². The summed E-state index contributed by atoms with van der Waals surface area (Å²) in [4.78, 5) is 23.3. The van der Waals surface area contributed by atoms with E-state index in [9.17, 15) is 18.0 Å². The fraction of sp³-hybridized carbons (Fsp3) is 0.765. The van der Waals surface area contributed by atoms with Gasteiger partial charge in [-0.25, -0.2) is 4.79 Å². The zero-order valence-corrected chi connectivity index (χ0v) is 16.7. The molecule has 3 aliphatic rings. The highest BCUT2D eigenvalue weighted by Crippen LogP contribution is 2.64. The fourth-order valence-corrected chi connectivity index (χ4v) is 6.17. The van der Waals surface area contributed by atoms with Crippen molar-refractivity contribution in [1.82, 2.24) is 5.32 Å². The number of nitrogens with one attached hydrogen (secondary N) is 1. The third kappa shape index (κ3) is 2.89. The van der Waals surface area contributed by atoms with E-state index in [1.54, 1.807) is 27.7 Å². The van der Waals surface area contributed by atoms with E-state index >= 15 is 0 Å². The lowest BCUT2D eigenvalue weighted by Gasteiger charge is -2.45. The molecule has 3 heterocycles. The first kappa shape index (κ1) is 20.2. The molecule has 3 fully saturated rings. The Morgan fingerprint density at radius 3 is 2.59 bits per heavy atom. The highest BCUT2D eigenvalue weighted by Gasteiger charge is 2.82. The predicted molar refractivity (Wildman–Crippen MR) is 93.2 cm³/mol. The maximum atomic E-state index is 12.2. The van der Waals surface area contributed by atoms with Crippen LogP contribution in [0, 0.1) is 0 Å². The van der Waals surface area contributed by atoms with Gasteiger partial charge in [0.05, 0.1) is 12.1 Å². The third-order valence-electron chi connectivity index (χ3n) is 5.99. The summed E-state index contributed by atoms with van der Waals surface area (Å²) < 4.78 is 46.7. The van der Waals surface area contributed by atoms with Crippen LogP contribution >= 0.6 is 0 Å². The number of esters is 1. The van der Waals surface area contributed by atoms with Crippen molar-refractivity contribution in [2.24, 2.45) is 0 Å². The van der Waals surface area contributed by atoms with Crippen molar-refractivity contribution < 1.29 is 36.4 Å². The van der Waals surface area contributed by atoms with Gasteiger partial charge in [-0.1, -0.05) is 6.58 Å². The van der Waals surface area contributed by atoms with Crippen LogP contribution in [0.5, 0.6) is 0 Å². The number of hydrogen-bond acceptors (Lipinski definition) is 8. The molecule has 3 rings (SSSR count). The molecule has 0 aliphatic carbocycles. The van der Waals surface area contributed by atoms with Crippen molar-refractivity contribution in [3.63, 3.8) is 0 Å². The van der Waals surface area contributed by atoms with Gasteiger partial charge in [-0.3, -0.25) is 8.98 Å². The Labute approximate surface area is 158 Å². The fourth-order valence-electron chi connectivity index (χ4n) is 4.17. The summed E-state index contributed by atoms with van der Waals surface area (Å²) in [6, 6.07) is 0. The quantitative estimate of drug-likeness (QED) is 0.274. The lowest BCUT2D eigenvalue weighted by Crippen LogP contribution is -2.64. The summed E-state index contributed by atoms with van der Waals surface area (Å²) in [5.74, 6) is -0.947. The van der Waals surface area contributed by atoms with E-state index in [0.717, 1.165) is 0 Å². The van der Waals surface area contributed by atoms with Crippen LogP contribution in [0.25, 0.3) is 0 Å². The number of fused-ring (bicyclic) bond motifs is 1. The Kier molecular flexibility index (Phi) is 4.70. The predicted octanol–water partition coefficient (Wildman–Crippen LogP) is 0.0457. The maximum Gasteiger partial charge on any atom is 0.332 e. The van der Waals surface area contributed by atoms with E-state index in [-0.39, 0.29) is 32.1 Å². The second-order valence-electron chi connectivity index (χ2n) is 7.77. The molecule has 0 radical (unpaired) electrons. The van der Waals surface area contributed by atoms with Gasteiger partial charge in [0, 0.05) is 12.0 Å². The Morgan fingerprint density at radius 2 is 1.96 bits per heavy atom. The van der Waals surface area contributed by atoms with Gasteiger partial charge >= 0.3 is 5.97 Å². The van der Waals surface area contributed by atoms with Crippen LogP contribution in [0.2, 0.25) is 0 Å². The van der Waals surface area contributed by atoms with Gasteiger partial charge in [-0.15, -0.1) is 0 Å². The lowest BCUT2D eigenvalue weighted by molar-refractivity contribution is -0.189. The molecule has 3 saturated heterocycles. The molecule has 27 heavy (non-hydrogen) atoms. The highest BCUT2D eigenvalue weighted by molar-refractivity contribution is 7.87. The summed E-state index contributed by atoms with van der Waals surface area (Å²) in [5.41, 5.74) is -2.88. The Bertz CT molecular complexity index is 795. The maximum absolute atomic E-state index is 12.2. The second-order valence-corrected chi connectivity index (χ2v) is 9.53. The summed E-state index contributed by atoms with van der Waals surface area (Å²) in [7, 11) is -3.74. The van der Waals surface area contributed by atoms with Gasteiger partial charge in [-0.2, -0.15) is 8.42 Å². The van der Waals surface area contributed by atoms with Crippen molar-refractivity contribution >= 4 is 22.0 Å². The molecule has 0 saturated carbocycles. The van der Waals surface area contributed by atoms with Gasteiger partial charge in [0.1, 0.15) is 35.8 Å². The van der Waals surface area contributed by atoms with E-state index in [0.29, 0.717) is 5.57 Å². The summed E-state index contributed by atoms with van der Waals surface area (Å²) >= 11 is 0. The third-order valence-corrected chi connectivity index (χ3v) is 7.73. The molecular formula is C17H25NO8S. The summed E-state index contributed by atoms with van der Waals surface area (Å²) in [5, 5.41) is 1.83. The number of amides is 1. The Balaban J connectivity index is 1.57. The molecule has 5 unspecified atom stereocenters. The Morgan fingerprint density at radius 1 is 1.30 bits per heavy atom. The van der Waals surface area contributed by atoms with Crippen molar-refractivity contribution in [1.29, 1.82) is 0 Å². The van der Waals surface area contributed by atoms with Crippen molar-refractivity contribution in [2.75, 3.05) is 19.8 Å². The van der Waals surface area contributed by atoms with Crippen LogP contribution in [0.3, 0.4) is 0 Å². The average Bonchev–Trinajstić information content (AvgIpc) is 3.07. The number of ether oxygens (including phenoxy) is 3. The number of carbonyl (C=O) groups excluding carboxylic acids is 2. The molecule has 0 aromatic heterocycles. The van der Waals surface area contributed by atoms with Crippen molar-refractivity contribution in [3.05, 3.63) is 12.2 Å². The van der Waals surface area contributed by atoms with E-state index in [1.165, 1.54) is 0 Å². The number of hydrogen-bond donors (Lipinski definition) is 1. The van der Waals surface area contributed by atoms with E-state index in [1.807, 2.05) is 0 Å². The first-order valence-corrected chi connectivity index (χ1v) is 10.2. The SMILES string of the molecule is C=C(C)C(=O)NCCOC(=O)COC1(C)C2(C)CC3C(O2)C1(C)OS3(=O)=O. The molecule has 2 bridgehead atoms. The normalized spacial score (nSPS) is 40.7. The summed E-state index contributed by atoms with van der Waals surface area (Å²) in [6.07, 6.45) is -0.389. The van der Waals surface area contributed by atoms with E-state index < -0.39 is 44.2 Å². The lowest BCUT2D eigenvalue weighted by atomic mass is 9.67. The van der Waals surface area contributed by atoms with Crippen LogP contribution in [0.15, 0.2) is 12.2 Å². The molecular weight excluding hydrogens is 378 g/mol. The number of rotatable bonds is 7. The standard InChI is InChI=1S/C17H25NO8S/c1-10(2)14(20)18-6-7-23-12(19)9-24-17(5)15(3)8-11-13(25-15)16(17,4)26-27(11,21)22/h11,13H,1,6-9H2,2-5H3,(H,18,20). The van der Waals surface area contributed by atoms with Crippen molar-refractivity contribution in [2.45, 2.75) is 62.3 Å². The van der Waals surface area contributed by atoms with Crippen LogP contribution in [0.1, 0.15) is 34.1 Å². The molecule has 3 aliphatic heterocycles. The van der Waals surface area contributed by atoms with Crippen LogP contribution in [-0.2, 0) is 38.1 Å². The largest absolute Gasteiger partial charge is 0.462 e. The summed E-state index contributed by atoms with van der Waals surface area (Å²) in [6.45, 7) is 9.93. The minimum Gasteiger partial charge on any atom is -0.462 e. The minimum absolute atomic E-state index is 0.0153. The molecule has 152 valence electrons. The average molecular weight is 403 g/mol. The van der Waals surface area contributed by atoms with Crippen molar-refractivity contribution in [3.8, 4) is 0 Å². The molecule has 5 atom stereocenters. The van der Waals surface area contributed by atoms with Gasteiger partial charge in [0.2, 0.25) is 5.91 Å². The van der Waals surface area contributed by atoms with Gasteiger partial charge in [0.25, 0.3) is 10.1 Å². The molecule has 0 aromatic rings. The number of carbonyl (C=O) groups is 2. The monoisotopic (exact) mass is 403 g/mol. The Hall–Kier alpha value is -1.49. The molecule has 0 spiro atoms. The molecule has 10 heteroatoms. The molecule has 1 N–H and O–H groups in total. The first-order chi connectivity index (χ1) is 12.4. The van der Waals surface area contributed by atoms with Gasteiger partial charge in [-0.05, 0) is 27.7 Å². The zero-order valence-electron chi connectivity index (χ0n) is 15.9. The smallest absolute Gasteiger partial charge is 0.332 e. The highest BCUT2D eigenvalue weighted by atomic mass is 32.2. The molecule has 1 amide bonds. The van der Waals surface area contributed by atoms with Crippen LogP contribution < -0.4 is 5.32 Å². The molecule has 0 aromatic carbocycles. The molecule has 9 nitrogen and oxygen atoms in total. The first-order valence-electron chi connectivity index (χ1n) is 8.72. The van der Waals surface area contributed by atoms with Crippen LogP contribution in [0.4, 0.5) is 0 Å². The van der Waals surface area contributed by atoms with Gasteiger partial charge in [0.15, 0.2) is 0 Å². The van der Waals surface area contributed by atoms with E-state index in [2.05, 4.69) is 11.9 Å². The van der Waals surface area contributed by atoms with E-state index in [4.69, 9.17) is 18.4 Å². The van der Waals surface area contributed by atoms with Crippen LogP contribution in [-0.4, -0.2) is 68.2 Å². The zero-order chi connectivity index (χ0) is 20.3. The van der Waals surface area contributed by atoms with Gasteiger partial charge < -0.3 is 19.5 Å². The second kappa shape index (κ2) is 6.26.